The van der Waals surface area contributed by atoms with Gasteiger partial charge in [-0.05, 0) is 56.4 Å². The maximum atomic E-state index is 12.7. The van der Waals surface area contributed by atoms with Gasteiger partial charge in [0.15, 0.2) is 0 Å². The van der Waals surface area contributed by atoms with E-state index in [1.165, 1.54) is 34.6 Å². The number of nitrogens with one attached hydrogen (secondary N) is 2. The molecule has 3 heterocycles. The van der Waals surface area contributed by atoms with Crippen LogP contribution in [0.3, 0.4) is 0 Å². The summed E-state index contributed by atoms with van der Waals surface area (Å²) in [5.74, 6) is -0.365. The zero-order valence-electron chi connectivity index (χ0n) is 16.7. The molecule has 7 nitrogen and oxygen atoms in total. The predicted molar refractivity (Wildman–Crippen MR) is 113 cm³/mol. The minimum Gasteiger partial charge on any atom is -0.443 e. The molecular formula is C22H22N4O3S. The molecule has 0 saturated heterocycles. The smallest absolute Gasteiger partial charge is 0.279 e. The molecule has 4 rings (SSSR count). The van der Waals surface area contributed by atoms with Crippen molar-refractivity contribution in [3.63, 3.8) is 0 Å². The predicted octanol–water partition coefficient (Wildman–Crippen LogP) is 4.05. The monoisotopic (exact) mass is 422 g/mol. The van der Waals surface area contributed by atoms with Crippen LogP contribution in [0.1, 0.15) is 67.5 Å². The fourth-order valence-corrected chi connectivity index (χ4v) is 4.90. The van der Waals surface area contributed by atoms with Gasteiger partial charge in [0.05, 0.1) is 4.88 Å². The second-order valence-corrected chi connectivity index (χ2v) is 8.43. The standard InChI is InChI=1S/C22H22N4O3S/c1-14-19(16(13-23)22(29-14)26-10-6-7-11-26)21(28)25-24-20(27)18-12-15-8-4-2-3-5-9-17(15)30-18/h6-7,10-12H,2-5,8-9H2,1H3,(H,24,27)(H,25,28). The average molecular weight is 423 g/mol. The number of rotatable bonds is 3. The van der Waals surface area contributed by atoms with Crippen molar-refractivity contribution in [3.05, 3.63) is 62.8 Å². The lowest BCUT2D eigenvalue weighted by Gasteiger charge is -2.07. The van der Waals surface area contributed by atoms with E-state index >= 15 is 0 Å². The summed E-state index contributed by atoms with van der Waals surface area (Å²) in [7, 11) is 0. The van der Waals surface area contributed by atoms with Gasteiger partial charge in [0.1, 0.15) is 23.0 Å². The van der Waals surface area contributed by atoms with Crippen LogP contribution in [0, 0.1) is 18.3 Å². The Kier molecular flexibility index (Phi) is 5.72. The highest BCUT2D eigenvalue weighted by Gasteiger charge is 2.25. The minimum absolute atomic E-state index is 0.111. The van der Waals surface area contributed by atoms with Crippen LogP contribution in [0.2, 0.25) is 0 Å². The molecule has 0 radical (unpaired) electrons. The number of aryl methyl sites for hydroxylation is 3. The van der Waals surface area contributed by atoms with E-state index in [9.17, 15) is 14.9 Å². The first-order valence-corrected chi connectivity index (χ1v) is 10.8. The number of nitrogens with zero attached hydrogens (tertiary/aromatic N) is 2. The van der Waals surface area contributed by atoms with Crippen LogP contribution in [0.4, 0.5) is 0 Å². The molecule has 0 atom stereocenters. The van der Waals surface area contributed by atoms with Crippen LogP contribution < -0.4 is 10.9 Å². The Morgan fingerprint density at radius 3 is 2.53 bits per heavy atom. The molecular weight excluding hydrogens is 400 g/mol. The number of thiophene rings is 1. The lowest BCUT2D eigenvalue weighted by Crippen LogP contribution is -2.41. The number of hydrogen-bond acceptors (Lipinski definition) is 5. The molecule has 0 fully saturated rings. The van der Waals surface area contributed by atoms with Gasteiger partial charge in [-0.25, -0.2) is 0 Å². The number of furan rings is 1. The molecule has 154 valence electrons. The van der Waals surface area contributed by atoms with E-state index < -0.39 is 5.91 Å². The van der Waals surface area contributed by atoms with Crippen molar-refractivity contribution in [2.24, 2.45) is 0 Å². The van der Waals surface area contributed by atoms with Gasteiger partial charge < -0.3 is 4.42 Å². The van der Waals surface area contributed by atoms with Gasteiger partial charge in [0.2, 0.25) is 5.88 Å². The zero-order valence-corrected chi connectivity index (χ0v) is 17.5. The number of carbonyl (C=O) groups is 2. The van der Waals surface area contributed by atoms with Crippen LogP contribution in [-0.2, 0) is 12.8 Å². The summed E-state index contributed by atoms with van der Waals surface area (Å²) in [4.78, 5) is 27.1. The Balaban J connectivity index is 1.48. The third-order valence-electron chi connectivity index (χ3n) is 5.25. The first kappa shape index (κ1) is 20.0. The molecule has 0 spiro atoms. The van der Waals surface area contributed by atoms with E-state index in [0.717, 1.165) is 25.7 Å². The van der Waals surface area contributed by atoms with Gasteiger partial charge in [0.25, 0.3) is 11.8 Å². The molecule has 0 bridgehead atoms. The average Bonchev–Trinajstić information content (AvgIpc) is 3.44. The molecule has 2 amide bonds. The number of hydrazine groups is 1. The van der Waals surface area contributed by atoms with Crippen molar-refractivity contribution in [1.82, 2.24) is 15.4 Å². The second kappa shape index (κ2) is 8.59. The molecule has 0 saturated carbocycles. The molecule has 0 unspecified atom stereocenters. The highest BCUT2D eigenvalue weighted by atomic mass is 32.1. The Hall–Kier alpha value is -3.31. The second-order valence-electron chi connectivity index (χ2n) is 7.30. The fraction of sp³-hybridized carbons (Fsp3) is 0.318. The first-order chi connectivity index (χ1) is 14.6. The van der Waals surface area contributed by atoms with E-state index in [1.807, 2.05) is 12.1 Å². The van der Waals surface area contributed by atoms with Crippen LogP contribution in [-0.4, -0.2) is 16.4 Å². The van der Waals surface area contributed by atoms with Crippen molar-refractivity contribution in [1.29, 1.82) is 5.26 Å². The number of hydrogen-bond donors (Lipinski definition) is 2. The molecule has 3 aromatic rings. The Morgan fingerprint density at radius 1 is 1.10 bits per heavy atom. The first-order valence-electron chi connectivity index (χ1n) is 9.97. The van der Waals surface area contributed by atoms with Crippen molar-refractivity contribution < 1.29 is 14.0 Å². The zero-order chi connectivity index (χ0) is 21.1. The molecule has 2 N–H and O–H groups in total. The van der Waals surface area contributed by atoms with Crippen molar-refractivity contribution in [3.8, 4) is 12.0 Å². The topological polar surface area (TPSA) is 100 Å². The summed E-state index contributed by atoms with van der Waals surface area (Å²) in [5, 5.41) is 9.57. The third-order valence-corrected chi connectivity index (χ3v) is 6.49. The third kappa shape index (κ3) is 3.89. The molecule has 8 heteroatoms. The fourth-order valence-electron chi connectivity index (χ4n) is 3.75. The van der Waals surface area contributed by atoms with Crippen LogP contribution in [0.25, 0.3) is 5.88 Å². The lowest BCUT2D eigenvalue weighted by molar-refractivity contribution is 0.0847. The van der Waals surface area contributed by atoms with Crippen molar-refractivity contribution >= 4 is 23.2 Å². The molecule has 1 aliphatic carbocycles. The Labute approximate surface area is 178 Å². The number of carbonyl (C=O) groups excluding carboxylic acids is 2. The Morgan fingerprint density at radius 2 is 1.80 bits per heavy atom. The highest BCUT2D eigenvalue weighted by molar-refractivity contribution is 7.14. The molecule has 30 heavy (non-hydrogen) atoms. The van der Waals surface area contributed by atoms with Gasteiger partial charge in [-0.3, -0.25) is 25.0 Å². The van der Waals surface area contributed by atoms with Gasteiger partial charge in [0, 0.05) is 17.3 Å². The maximum absolute atomic E-state index is 12.7. The van der Waals surface area contributed by atoms with E-state index in [1.54, 1.807) is 36.0 Å². The Bertz CT molecular complexity index is 1090. The van der Waals surface area contributed by atoms with Gasteiger partial charge in [-0.2, -0.15) is 5.26 Å². The van der Waals surface area contributed by atoms with E-state index in [0.29, 0.717) is 10.6 Å². The quantitative estimate of drug-likeness (QED) is 0.622. The van der Waals surface area contributed by atoms with E-state index in [4.69, 9.17) is 4.42 Å². The van der Waals surface area contributed by atoms with Gasteiger partial charge in [-0.1, -0.05) is 12.8 Å². The summed E-state index contributed by atoms with van der Waals surface area (Å²) in [5.41, 5.74) is 6.37. The maximum Gasteiger partial charge on any atom is 0.279 e. The van der Waals surface area contributed by atoms with Crippen LogP contribution in [0.15, 0.2) is 35.0 Å². The number of amides is 2. The van der Waals surface area contributed by atoms with E-state index in [2.05, 4.69) is 10.9 Å². The molecule has 3 aromatic heterocycles. The van der Waals surface area contributed by atoms with Gasteiger partial charge in [-0.15, -0.1) is 11.3 Å². The SMILES string of the molecule is Cc1oc(-n2cccc2)c(C#N)c1C(=O)NNC(=O)c1cc2c(s1)CCCCCC2. The molecule has 0 aliphatic heterocycles. The molecule has 1 aliphatic rings. The summed E-state index contributed by atoms with van der Waals surface area (Å²) >= 11 is 1.49. The normalized spacial score (nSPS) is 13.6. The number of nitriles is 1. The van der Waals surface area contributed by atoms with Crippen LogP contribution >= 0.6 is 11.3 Å². The lowest BCUT2D eigenvalue weighted by atomic mass is 10.00. The number of fused-ring (bicyclic) bond motifs is 1. The largest absolute Gasteiger partial charge is 0.443 e. The summed E-state index contributed by atoms with van der Waals surface area (Å²) in [6.45, 7) is 1.61. The highest BCUT2D eigenvalue weighted by Crippen LogP contribution is 2.28. The summed E-state index contributed by atoms with van der Waals surface area (Å²) in [6, 6.07) is 7.55. The minimum atomic E-state index is -0.588. The summed E-state index contributed by atoms with van der Waals surface area (Å²) in [6.07, 6.45) is 10.2. The molecule has 0 aromatic carbocycles. The van der Waals surface area contributed by atoms with Gasteiger partial charge >= 0.3 is 0 Å². The van der Waals surface area contributed by atoms with Crippen LogP contribution in [0.5, 0.6) is 0 Å². The summed E-state index contributed by atoms with van der Waals surface area (Å²) < 4.78 is 7.27. The van der Waals surface area contributed by atoms with Crippen molar-refractivity contribution in [2.75, 3.05) is 0 Å². The van der Waals surface area contributed by atoms with E-state index in [-0.39, 0.29) is 22.9 Å². The number of aromatic nitrogens is 1. The van der Waals surface area contributed by atoms with Crippen molar-refractivity contribution in [2.45, 2.75) is 45.4 Å².